The van der Waals surface area contributed by atoms with Gasteiger partial charge in [-0.25, -0.2) is 4.57 Å². The molecule has 0 heterocycles. The van der Waals surface area contributed by atoms with E-state index in [4.69, 9.17) is 0 Å². The van der Waals surface area contributed by atoms with Crippen LogP contribution in [0.15, 0.2) is 0 Å². The second-order valence-corrected chi connectivity index (χ2v) is 0.900. The summed E-state index contributed by atoms with van der Waals surface area (Å²) in [6, 6.07) is 0. The van der Waals surface area contributed by atoms with E-state index in [0.717, 1.165) is 0 Å². The lowest BCUT2D eigenvalue weighted by molar-refractivity contribution is 0.365. The maximum absolute atomic E-state index is 9.28. The van der Waals surface area contributed by atoms with Crippen LogP contribution in [0.3, 0.4) is 0 Å². The molecule has 0 unspecified atom stereocenters. The van der Waals surface area contributed by atoms with Crippen molar-refractivity contribution in [3.63, 3.8) is 0 Å². The molecular formula is C2H6BrO2P. The molecule has 0 saturated carbocycles. The molecule has 0 amide bonds. The predicted molar refractivity (Wildman–Crippen MR) is 29.6 cm³/mol. The van der Waals surface area contributed by atoms with Crippen LogP contribution in [-0.2, 0) is 9.09 Å². The second kappa shape index (κ2) is 9.11. The van der Waals surface area contributed by atoms with Crippen molar-refractivity contribution in [1.82, 2.24) is 0 Å². The minimum Gasteiger partial charge on any atom is -0.295 e. The predicted octanol–water partition coefficient (Wildman–Crippen LogP) is 1.81. The number of halogens is 1. The maximum atomic E-state index is 9.28. The van der Waals surface area contributed by atoms with E-state index in [1.807, 2.05) is 0 Å². The summed E-state index contributed by atoms with van der Waals surface area (Å²) in [4.78, 5) is 0. The standard InChI is InChI=1S/C2H5O2P.BrH/c1-2-4-5-3;/h2H2,1H3;1H. The third kappa shape index (κ3) is 8.82. The van der Waals surface area contributed by atoms with E-state index in [0.29, 0.717) is 6.61 Å². The van der Waals surface area contributed by atoms with Crippen molar-refractivity contribution in [1.29, 1.82) is 0 Å². The Morgan fingerprint density at radius 3 is 2.33 bits per heavy atom. The first-order valence-electron chi connectivity index (χ1n) is 1.36. The van der Waals surface area contributed by atoms with E-state index in [1.54, 1.807) is 6.92 Å². The molecule has 0 aliphatic heterocycles. The molecule has 0 atom stereocenters. The summed E-state index contributed by atoms with van der Waals surface area (Å²) in [5.74, 6) is 0. The highest BCUT2D eigenvalue weighted by atomic mass is 79.9. The minimum absolute atomic E-state index is 0. The first-order chi connectivity index (χ1) is 2.41. The number of rotatable bonds is 2. The fraction of sp³-hybridized carbons (Fsp3) is 1.00. The largest absolute Gasteiger partial charge is 0.327 e. The molecule has 0 rings (SSSR count). The summed E-state index contributed by atoms with van der Waals surface area (Å²) < 4.78 is 13.5. The van der Waals surface area contributed by atoms with Crippen molar-refractivity contribution in [2.75, 3.05) is 6.61 Å². The summed E-state index contributed by atoms with van der Waals surface area (Å²) in [6.07, 6.45) is 0. The molecule has 0 bridgehead atoms. The van der Waals surface area contributed by atoms with Crippen LogP contribution in [0.5, 0.6) is 0 Å². The Kier molecular flexibility index (Phi) is 14.8. The highest BCUT2D eigenvalue weighted by Gasteiger charge is 1.65. The van der Waals surface area contributed by atoms with Gasteiger partial charge in [0.1, 0.15) is 0 Å². The van der Waals surface area contributed by atoms with Crippen molar-refractivity contribution in [3.8, 4) is 0 Å². The van der Waals surface area contributed by atoms with Crippen LogP contribution in [-0.4, -0.2) is 6.61 Å². The van der Waals surface area contributed by atoms with Crippen molar-refractivity contribution < 1.29 is 9.09 Å². The highest BCUT2D eigenvalue weighted by Crippen LogP contribution is 1.89. The Labute approximate surface area is 48.9 Å². The highest BCUT2D eigenvalue weighted by molar-refractivity contribution is 8.93. The Morgan fingerprint density at radius 2 is 2.33 bits per heavy atom. The van der Waals surface area contributed by atoms with Gasteiger partial charge in [-0.2, -0.15) is 0 Å². The molecule has 0 aromatic heterocycles. The van der Waals surface area contributed by atoms with Crippen LogP contribution in [0.2, 0.25) is 0 Å². The maximum Gasteiger partial charge on any atom is 0.327 e. The van der Waals surface area contributed by atoms with Crippen molar-refractivity contribution in [2.24, 2.45) is 0 Å². The minimum atomic E-state index is -0.220. The van der Waals surface area contributed by atoms with E-state index in [-0.39, 0.29) is 25.7 Å². The smallest absolute Gasteiger partial charge is 0.295 e. The Hall–Kier alpha value is 0.540. The third-order valence-corrected chi connectivity index (χ3v) is 0.545. The summed E-state index contributed by atoms with van der Waals surface area (Å²) in [5, 5.41) is 0. The van der Waals surface area contributed by atoms with Gasteiger partial charge in [0.05, 0.1) is 6.61 Å². The van der Waals surface area contributed by atoms with Crippen molar-refractivity contribution in [3.05, 3.63) is 0 Å². The van der Waals surface area contributed by atoms with Gasteiger partial charge in [-0.05, 0) is 6.92 Å². The molecule has 0 aliphatic rings. The van der Waals surface area contributed by atoms with Crippen LogP contribution >= 0.6 is 25.7 Å². The summed E-state index contributed by atoms with van der Waals surface area (Å²) in [6.45, 7) is 2.30. The Morgan fingerprint density at radius 1 is 1.83 bits per heavy atom. The quantitative estimate of drug-likeness (QED) is 0.595. The molecule has 0 spiro atoms. The summed E-state index contributed by atoms with van der Waals surface area (Å²) in [5.41, 5.74) is 0. The molecule has 4 heteroatoms. The average Bonchev–Trinajstić information content (AvgIpc) is 1.41. The van der Waals surface area contributed by atoms with Crippen LogP contribution in [0.25, 0.3) is 0 Å². The van der Waals surface area contributed by atoms with Gasteiger partial charge in [0.25, 0.3) is 0 Å². The van der Waals surface area contributed by atoms with Crippen LogP contribution in [0, 0.1) is 0 Å². The molecule has 0 aromatic carbocycles. The Balaban J connectivity index is 0. The van der Waals surface area contributed by atoms with Gasteiger partial charge < -0.3 is 0 Å². The molecule has 0 aromatic rings. The van der Waals surface area contributed by atoms with Crippen LogP contribution in [0.4, 0.5) is 0 Å². The van der Waals surface area contributed by atoms with Crippen molar-refractivity contribution in [2.45, 2.75) is 6.92 Å². The first kappa shape index (κ1) is 9.74. The molecule has 0 fully saturated rings. The molecule has 0 aliphatic carbocycles. The molecule has 6 heavy (non-hydrogen) atoms. The topological polar surface area (TPSA) is 26.3 Å². The fourth-order valence-electron chi connectivity index (χ4n) is 0.0527. The van der Waals surface area contributed by atoms with Gasteiger partial charge in [0.15, 0.2) is 0 Å². The van der Waals surface area contributed by atoms with Gasteiger partial charge in [-0.3, -0.25) is 4.52 Å². The normalized spacial score (nSPS) is 7.50. The molecule has 0 N–H and O–H groups in total. The molecule has 0 saturated heterocycles. The monoisotopic (exact) mass is 172 g/mol. The van der Waals surface area contributed by atoms with E-state index in [2.05, 4.69) is 4.52 Å². The fourth-order valence-corrected chi connectivity index (χ4v) is 0.158. The summed E-state index contributed by atoms with van der Waals surface area (Å²) >= 11 is 0. The lowest BCUT2D eigenvalue weighted by atomic mass is 10.9. The molecule has 0 radical (unpaired) electrons. The zero-order valence-electron chi connectivity index (χ0n) is 3.38. The number of hydrogen-bond acceptors (Lipinski definition) is 2. The second-order valence-electron chi connectivity index (χ2n) is 0.492. The molecular weight excluding hydrogens is 167 g/mol. The van der Waals surface area contributed by atoms with Gasteiger partial charge in [0.2, 0.25) is 0 Å². The van der Waals surface area contributed by atoms with E-state index >= 15 is 0 Å². The van der Waals surface area contributed by atoms with Gasteiger partial charge in [-0.15, -0.1) is 17.0 Å². The number of hydrogen-bond donors (Lipinski definition) is 0. The van der Waals surface area contributed by atoms with E-state index in [9.17, 15) is 4.57 Å². The summed E-state index contributed by atoms with van der Waals surface area (Å²) in [7, 11) is -0.220. The van der Waals surface area contributed by atoms with Crippen molar-refractivity contribution >= 4 is 25.7 Å². The SMILES string of the molecule is Br.CCOP=O. The first-order valence-corrected chi connectivity index (χ1v) is 2.09. The average molecular weight is 173 g/mol. The van der Waals surface area contributed by atoms with E-state index < -0.39 is 0 Å². The molecule has 2 nitrogen and oxygen atoms in total. The third-order valence-electron chi connectivity index (χ3n) is 0.182. The zero-order chi connectivity index (χ0) is 4.12. The molecule has 38 valence electrons. The van der Waals surface area contributed by atoms with E-state index in [1.165, 1.54) is 0 Å². The zero-order valence-corrected chi connectivity index (χ0v) is 5.99. The van der Waals surface area contributed by atoms with Gasteiger partial charge in [0, 0.05) is 0 Å². The van der Waals surface area contributed by atoms with Gasteiger partial charge >= 0.3 is 8.69 Å². The lowest BCUT2D eigenvalue weighted by Gasteiger charge is -1.72. The van der Waals surface area contributed by atoms with Crippen LogP contribution in [0.1, 0.15) is 6.92 Å². The lowest BCUT2D eigenvalue weighted by Crippen LogP contribution is -1.65. The Bertz CT molecular complexity index is 32.7. The van der Waals surface area contributed by atoms with Gasteiger partial charge in [-0.1, -0.05) is 0 Å². The van der Waals surface area contributed by atoms with Crippen LogP contribution < -0.4 is 0 Å².